The number of hydrogen-bond acceptors (Lipinski definition) is 3. The van der Waals surface area contributed by atoms with E-state index in [0.29, 0.717) is 0 Å². The highest BCUT2D eigenvalue weighted by molar-refractivity contribution is 7.17. The number of amides is 1. The van der Waals surface area contributed by atoms with E-state index in [4.69, 9.17) is 0 Å². The van der Waals surface area contributed by atoms with Gasteiger partial charge in [-0.25, -0.2) is 4.98 Å². The molecule has 0 atom stereocenters. The fourth-order valence-corrected chi connectivity index (χ4v) is 2.87. The molecule has 0 saturated heterocycles. The van der Waals surface area contributed by atoms with Crippen molar-refractivity contribution in [1.29, 1.82) is 0 Å². The summed E-state index contributed by atoms with van der Waals surface area (Å²) >= 11 is 1.46. The summed E-state index contributed by atoms with van der Waals surface area (Å²) in [5.41, 5.74) is 3.09. The molecule has 0 fully saturated rings. The van der Waals surface area contributed by atoms with Gasteiger partial charge in [0.1, 0.15) is 9.88 Å². The number of carbonyl (C=O) groups is 1. The second-order valence-corrected chi connectivity index (χ2v) is 5.91. The Kier molecular flexibility index (Phi) is 4.90. The van der Waals surface area contributed by atoms with Crippen LogP contribution in [0.1, 0.15) is 40.7 Å². The van der Waals surface area contributed by atoms with Crippen LogP contribution in [0, 0.1) is 13.8 Å². The quantitative estimate of drug-likeness (QED) is 0.846. The largest absolute Gasteiger partial charge is 0.351 e. The monoisotopic (exact) mass is 288 g/mol. The lowest BCUT2D eigenvalue weighted by molar-refractivity contribution is 0.0956. The minimum absolute atomic E-state index is 0.00758. The molecule has 1 heterocycles. The Labute approximate surface area is 124 Å². The third-order valence-corrected chi connectivity index (χ3v) is 4.32. The molecule has 1 aromatic heterocycles. The summed E-state index contributed by atoms with van der Waals surface area (Å²) in [6.45, 7) is 6.79. The number of aromatic nitrogens is 1. The van der Waals surface area contributed by atoms with Crippen LogP contribution in [0.5, 0.6) is 0 Å². The van der Waals surface area contributed by atoms with Crippen LogP contribution in [0.15, 0.2) is 24.3 Å². The van der Waals surface area contributed by atoms with Crippen LogP contribution in [0.2, 0.25) is 0 Å². The van der Waals surface area contributed by atoms with E-state index in [0.717, 1.165) is 40.5 Å². The van der Waals surface area contributed by atoms with Crippen LogP contribution in [0.3, 0.4) is 0 Å². The average molecular weight is 288 g/mol. The van der Waals surface area contributed by atoms with E-state index in [9.17, 15) is 4.79 Å². The molecule has 1 N–H and O–H groups in total. The molecule has 2 aromatic rings. The summed E-state index contributed by atoms with van der Waals surface area (Å²) in [7, 11) is 0. The fourth-order valence-electron chi connectivity index (χ4n) is 1.89. The summed E-state index contributed by atoms with van der Waals surface area (Å²) in [5.74, 6) is -0.00758. The van der Waals surface area contributed by atoms with Gasteiger partial charge in [0, 0.05) is 12.1 Å². The first-order chi connectivity index (χ1) is 9.61. The van der Waals surface area contributed by atoms with Gasteiger partial charge >= 0.3 is 0 Å². The van der Waals surface area contributed by atoms with Crippen LogP contribution in [0.25, 0.3) is 10.6 Å². The van der Waals surface area contributed by atoms with Crippen molar-refractivity contribution in [1.82, 2.24) is 10.3 Å². The van der Waals surface area contributed by atoms with E-state index in [2.05, 4.69) is 36.3 Å². The molecular weight excluding hydrogens is 268 g/mol. The van der Waals surface area contributed by atoms with Crippen LogP contribution in [-0.4, -0.2) is 17.4 Å². The molecule has 1 amide bonds. The Hall–Kier alpha value is -1.68. The zero-order valence-electron chi connectivity index (χ0n) is 12.2. The Morgan fingerprint density at radius 3 is 2.60 bits per heavy atom. The molecule has 3 nitrogen and oxygen atoms in total. The van der Waals surface area contributed by atoms with Gasteiger partial charge in [0.2, 0.25) is 0 Å². The number of nitrogens with one attached hydrogen (secondary N) is 1. The Morgan fingerprint density at radius 2 is 1.95 bits per heavy atom. The van der Waals surface area contributed by atoms with Crippen molar-refractivity contribution in [2.75, 3.05) is 6.54 Å². The molecule has 2 rings (SSSR count). The lowest BCUT2D eigenvalue weighted by Crippen LogP contribution is -2.24. The first kappa shape index (κ1) is 14.7. The van der Waals surface area contributed by atoms with Crippen molar-refractivity contribution in [3.05, 3.63) is 40.4 Å². The smallest absolute Gasteiger partial charge is 0.263 e. The van der Waals surface area contributed by atoms with Crippen molar-refractivity contribution >= 4 is 17.2 Å². The topological polar surface area (TPSA) is 42.0 Å². The second kappa shape index (κ2) is 6.66. The SMILES string of the molecule is CCCCNC(=O)c1sc(-c2ccc(C)cc2)nc1C. The molecule has 106 valence electrons. The Morgan fingerprint density at radius 1 is 1.25 bits per heavy atom. The van der Waals surface area contributed by atoms with Crippen molar-refractivity contribution < 1.29 is 4.79 Å². The Bertz CT molecular complexity index is 587. The van der Waals surface area contributed by atoms with Gasteiger partial charge in [-0.05, 0) is 20.3 Å². The van der Waals surface area contributed by atoms with Crippen LogP contribution < -0.4 is 5.32 Å². The third-order valence-electron chi connectivity index (χ3n) is 3.12. The summed E-state index contributed by atoms with van der Waals surface area (Å²) in [6, 6.07) is 8.22. The highest BCUT2D eigenvalue weighted by Gasteiger charge is 2.15. The first-order valence-electron chi connectivity index (χ1n) is 6.94. The minimum atomic E-state index is -0.00758. The van der Waals surface area contributed by atoms with Crippen LogP contribution in [-0.2, 0) is 0 Å². The second-order valence-electron chi connectivity index (χ2n) is 4.91. The molecule has 0 radical (unpaired) electrons. The van der Waals surface area contributed by atoms with Crippen LogP contribution in [0.4, 0.5) is 0 Å². The summed E-state index contributed by atoms with van der Waals surface area (Å²) in [4.78, 5) is 17.3. The minimum Gasteiger partial charge on any atom is -0.351 e. The number of unbranched alkanes of at least 4 members (excludes halogenated alkanes) is 1. The predicted octanol–water partition coefficient (Wildman–Crippen LogP) is 3.96. The molecule has 0 aliphatic rings. The normalized spacial score (nSPS) is 10.6. The number of rotatable bonds is 5. The summed E-state index contributed by atoms with van der Waals surface area (Å²) < 4.78 is 0. The summed E-state index contributed by atoms with van der Waals surface area (Å²) in [6.07, 6.45) is 2.09. The van der Waals surface area contributed by atoms with Crippen molar-refractivity contribution in [3.63, 3.8) is 0 Å². The molecule has 0 spiro atoms. The lowest BCUT2D eigenvalue weighted by atomic mass is 10.2. The number of thiazole rings is 1. The number of carbonyl (C=O) groups excluding carboxylic acids is 1. The lowest BCUT2D eigenvalue weighted by Gasteiger charge is -2.01. The van der Waals surface area contributed by atoms with Gasteiger partial charge in [-0.3, -0.25) is 4.79 Å². The van der Waals surface area contributed by atoms with E-state index in [-0.39, 0.29) is 5.91 Å². The molecule has 0 unspecified atom stereocenters. The standard InChI is InChI=1S/C16H20N2OS/c1-4-5-10-17-15(19)14-12(3)18-16(20-14)13-8-6-11(2)7-9-13/h6-9H,4-5,10H2,1-3H3,(H,17,19). The van der Waals surface area contributed by atoms with Gasteiger partial charge in [-0.15, -0.1) is 11.3 Å². The third kappa shape index (κ3) is 3.45. The Balaban J connectivity index is 2.16. The van der Waals surface area contributed by atoms with E-state index in [1.807, 2.05) is 19.1 Å². The summed E-state index contributed by atoms with van der Waals surface area (Å²) in [5, 5.41) is 3.85. The molecule has 1 aromatic carbocycles. The number of aryl methyl sites for hydroxylation is 2. The van der Waals surface area contributed by atoms with E-state index >= 15 is 0 Å². The molecule has 0 bridgehead atoms. The predicted molar refractivity (Wildman–Crippen MR) is 84.3 cm³/mol. The molecule has 0 saturated carbocycles. The number of nitrogens with zero attached hydrogens (tertiary/aromatic N) is 1. The molecule has 0 aliphatic carbocycles. The van der Waals surface area contributed by atoms with Gasteiger partial charge in [-0.2, -0.15) is 0 Å². The molecule has 4 heteroatoms. The van der Waals surface area contributed by atoms with E-state index in [1.54, 1.807) is 0 Å². The maximum Gasteiger partial charge on any atom is 0.263 e. The highest BCUT2D eigenvalue weighted by Crippen LogP contribution is 2.28. The maximum atomic E-state index is 12.1. The van der Waals surface area contributed by atoms with Gasteiger partial charge in [0.05, 0.1) is 5.69 Å². The number of hydrogen-bond donors (Lipinski definition) is 1. The first-order valence-corrected chi connectivity index (χ1v) is 7.76. The van der Waals surface area contributed by atoms with E-state index < -0.39 is 0 Å². The molecule has 0 aliphatic heterocycles. The fraction of sp³-hybridized carbons (Fsp3) is 0.375. The van der Waals surface area contributed by atoms with Gasteiger partial charge in [0.25, 0.3) is 5.91 Å². The number of benzene rings is 1. The van der Waals surface area contributed by atoms with Crippen molar-refractivity contribution in [2.24, 2.45) is 0 Å². The van der Waals surface area contributed by atoms with E-state index in [1.165, 1.54) is 16.9 Å². The van der Waals surface area contributed by atoms with Crippen molar-refractivity contribution in [3.8, 4) is 10.6 Å². The molecular formula is C16H20N2OS. The molecule has 20 heavy (non-hydrogen) atoms. The zero-order chi connectivity index (χ0) is 14.5. The van der Waals surface area contributed by atoms with Gasteiger partial charge in [0.15, 0.2) is 0 Å². The highest BCUT2D eigenvalue weighted by atomic mass is 32.1. The average Bonchev–Trinajstić information content (AvgIpc) is 2.82. The van der Waals surface area contributed by atoms with Crippen LogP contribution >= 0.6 is 11.3 Å². The van der Waals surface area contributed by atoms with Gasteiger partial charge < -0.3 is 5.32 Å². The maximum absolute atomic E-state index is 12.1. The van der Waals surface area contributed by atoms with Crippen molar-refractivity contribution in [2.45, 2.75) is 33.6 Å². The zero-order valence-corrected chi connectivity index (χ0v) is 13.0. The van der Waals surface area contributed by atoms with Gasteiger partial charge in [-0.1, -0.05) is 43.2 Å².